The molecule has 0 fully saturated rings. The molecule has 12 heavy (non-hydrogen) atoms. The van der Waals surface area contributed by atoms with Crippen LogP contribution < -0.4 is 0 Å². The maximum absolute atomic E-state index is 11.0. The Hall–Kier alpha value is 0.850. The predicted molar refractivity (Wildman–Crippen MR) is 62.7 cm³/mol. The Bertz CT molecular complexity index is 386. The summed E-state index contributed by atoms with van der Waals surface area (Å²) in [5.74, 6) is 0. The van der Waals surface area contributed by atoms with Crippen LogP contribution in [0.25, 0.3) is 0 Å². The molecule has 0 aliphatic heterocycles. The van der Waals surface area contributed by atoms with E-state index >= 15 is 0 Å². The summed E-state index contributed by atoms with van der Waals surface area (Å²) >= 11 is 3.73. The minimum Gasteiger partial charge on any atom is -0.249 e. The number of aromatic nitrogens is 1. The van der Waals surface area contributed by atoms with Gasteiger partial charge in [-0.3, -0.25) is 0 Å². The van der Waals surface area contributed by atoms with Crippen LogP contribution in [0.5, 0.6) is 0 Å². The number of nitrogens with zero attached hydrogens (tertiary/aromatic N) is 1. The zero-order valence-corrected chi connectivity index (χ0v) is 11.3. The third-order valence-electron chi connectivity index (χ3n) is 1.06. The Morgan fingerprint density at radius 2 is 2.00 bits per heavy atom. The Kier molecular flexibility index (Phi) is 3.58. The molecule has 0 saturated heterocycles. The lowest BCUT2D eigenvalue weighted by molar-refractivity contribution is 0.608. The lowest BCUT2D eigenvalue weighted by atomic mass is 10.5. The summed E-state index contributed by atoms with van der Waals surface area (Å²) in [7, 11) is 1.52. The minimum atomic E-state index is -3.67. The number of hydrogen-bond donors (Lipinski definition) is 0. The molecule has 0 N–H and O–H groups in total. The molecule has 1 aromatic heterocycles. The molecule has 66 valence electrons. The fourth-order valence-electron chi connectivity index (χ4n) is 0.618. The Morgan fingerprint density at radius 1 is 1.42 bits per heavy atom. The highest BCUT2D eigenvalue weighted by Crippen LogP contribution is 2.24. The van der Waals surface area contributed by atoms with Gasteiger partial charge >= 0.3 is 0 Å². The van der Waals surface area contributed by atoms with Crippen molar-refractivity contribution < 1.29 is 8.42 Å². The van der Waals surface area contributed by atoms with Gasteiger partial charge in [-0.2, -0.15) is 0 Å². The molecule has 0 unspecified atom stereocenters. The second-order valence-corrected chi connectivity index (χ2v) is 6.54. The van der Waals surface area contributed by atoms with Gasteiger partial charge in [-0.05, 0) is 51.2 Å². The molecular weight excluding hydrogens is 427 g/mol. The van der Waals surface area contributed by atoms with Crippen molar-refractivity contribution in [3.63, 3.8) is 0 Å². The second-order valence-electron chi connectivity index (χ2n) is 1.85. The summed E-state index contributed by atoms with van der Waals surface area (Å²) in [6.45, 7) is 0. The van der Waals surface area contributed by atoms with Crippen LogP contribution in [0.2, 0.25) is 0 Å². The first kappa shape index (κ1) is 10.9. The third-order valence-corrected chi connectivity index (χ3v) is 4.87. The summed E-state index contributed by atoms with van der Waals surface area (Å²) in [5.41, 5.74) is 0. The van der Waals surface area contributed by atoms with Crippen molar-refractivity contribution in [3.8, 4) is 0 Å². The summed E-state index contributed by atoms with van der Waals surface area (Å²) in [4.78, 5) is 3.92. The van der Waals surface area contributed by atoms with Crippen molar-refractivity contribution in [1.29, 1.82) is 0 Å². The lowest BCUT2D eigenvalue weighted by Crippen LogP contribution is -1.99. The van der Waals surface area contributed by atoms with E-state index in [0.717, 1.165) is 0 Å². The van der Waals surface area contributed by atoms with Gasteiger partial charge in [0.2, 0.25) is 0 Å². The van der Waals surface area contributed by atoms with E-state index < -0.39 is 9.05 Å². The molecule has 0 aliphatic rings. The van der Waals surface area contributed by atoms with Crippen LogP contribution in [0.3, 0.4) is 0 Å². The third kappa shape index (κ3) is 2.42. The second kappa shape index (κ2) is 3.93. The Balaban J connectivity index is 3.53. The first-order valence-electron chi connectivity index (χ1n) is 2.67. The minimum absolute atomic E-state index is 0.0906. The van der Waals surface area contributed by atoms with Gasteiger partial charge in [0.25, 0.3) is 9.05 Å². The molecule has 1 heterocycles. The first-order valence-corrected chi connectivity index (χ1v) is 7.14. The molecule has 1 aromatic rings. The van der Waals surface area contributed by atoms with E-state index in [4.69, 9.17) is 10.7 Å². The van der Waals surface area contributed by atoms with Crippen LogP contribution in [0.4, 0.5) is 0 Å². The van der Waals surface area contributed by atoms with Gasteiger partial charge < -0.3 is 0 Å². The van der Waals surface area contributed by atoms with Gasteiger partial charge in [0.1, 0.15) is 8.60 Å². The molecule has 0 amide bonds. The van der Waals surface area contributed by atoms with Gasteiger partial charge in [-0.15, -0.1) is 0 Å². The molecule has 3 nitrogen and oxygen atoms in total. The zero-order valence-electron chi connectivity index (χ0n) is 5.46. The molecule has 7 heteroatoms. The molecule has 0 spiro atoms. The van der Waals surface area contributed by atoms with Crippen molar-refractivity contribution in [1.82, 2.24) is 4.98 Å². The molecule has 0 bridgehead atoms. The molecule has 0 aliphatic carbocycles. The fraction of sp³-hybridized carbons (Fsp3) is 0. The molecule has 0 radical (unpaired) electrons. The van der Waals surface area contributed by atoms with Gasteiger partial charge in [0.05, 0.1) is 0 Å². The highest BCUT2D eigenvalue weighted by molar-refractivity contribution is 14.1. The summed E-state index contributed by atoms with van der Waals surface area (Å²) in [5, 5.41) is 0. The van der Waals surface area contributed by atoms with E-state index in [1.165, 1.54) is 6.20 Å². The largest absolute Gasteiger partial charge is 0.264 e. The predicted octanol–water partition coefficient (Wildman–Crippen LogP) is 2.22. The summed E-state index contributed by atoms with van der Waals surface area (Å²) in [6.07, 6.45) is 1.54. The van der Waals surface area contributed by atoms with Crippen molar-refractivity contribution in [2.24, 2.45) is 0 Å². The summed E-state index contributed by atoms with van der Waals surface area (Å²) in [6, 6.07) is 1.60. The number of halogens is 3. The van der Waals surface area contributed by atoms with Crippen molar-refractivity contribution >= 4 is 64.9 Å². The summed E-state index contributed by atoms with van der Waals surface area (Å²) < 4.78 is 23.0. The van der Waals surface area contributed by atoms with Gasteiger partial charge in [0.15, 0.2) is 0 Å². The average Bonchev–Trinajstić information content (AvgIpc) is 1.82. The SMILES string of the molecule is O=S(=O)(Cl)c1c(I)ccnc1I. The quantitative estimate of drug-likeness (QED) is 0.391. The van der Waals surface area contributed by atoms with Crippen LogP contribution in [0.1, 0.15) is 0 Å². The normalized spacial score (nSPS) is 11.6. The van der Waals surface area contributed by atoms with Crippen LogP contribution in [0.15, 0.2) is 17.2 Å². The van der Waals surface area contributed by atoms with Crippen LogP contribution >= 0.6 is 55.9 Å². The average molecular weight is 429 g/mol. The molecule has 0 aromatic carbocycles. The van der Waals surface area contributed by atoms with E-state index in [-0.39, 0.29) is 4.90 Å². The monoisotopic (exact) mass is 429 g/mol. The Morgan fingerprint density at radius 3 is 2.33 bits per heavy atom. The Labute approximate surface area is 102 Å². The van der Waals surface area contributed by atoms with Crippen LogP contribution in [-0.4, -0.2) is 13.4 Å². The number of rotatable bonds is 1. The smallest absolute Gasteiger partial charge is 0.249 e. The number of hydrogen-bond acceptors (Lipinski definition) is 3. The molecule has 1 rings (SSSR count). The van der Waals surface area contributed by atoms with E-state index in [0.29, 0.717) is 7.27 Å². The van der Waals surface area contributed by atoms with Crippen molar-refractivity contribution in [2.75, 3.05) is 0 Å². The van der Waals surface area contributed by atoms with Crippen molar-refractivity contribution in [3.05, 3.63) is 19.5 Å². The fourth-order valence-corrected chi connectivity index (χ4v) is 5.55. The highest BCUT2D eigenvalue weighted by atomic mass is 127. The van der Waals surface area contributed by atoms with E-state index in [1.54, 1.807) is 6.07 Å². The van der Waals surface area contributed by atoms with Crippen LogP contribution in [-0.2, 0) is 9.05 Å². The molecule has 0 saturated carbocycles. The number of pyridine rings is 1. The highest BCUT2D eigenvalue weighted by Gasteiger charge is 2.18. The van der Waals surface area contributed by atoms with E-state index in [9.17, 15) is 8.42 Å². The maximum Gasteiger partial charge on any atom is 0.264 e. The van der Waals surface area contributed by atoms with Crippen molar-refractivity contribution in [2.45, 2.75) is 4.90 Å². The van der Waals surface area contributed by atoms with Gasteiger partial charge in [-0.25, -0.2) is 13.4 Å². The van der Waals surface area contributed by atoms with E-state index in [2.05, 4.69) is 4.98 Å². The standard InChI is InChI=1S/C5H2ClI2NO2S/c6-12(10,11)4-3(7)1-2-9-5(4)8/h1-2H. The van der Waals surface area contributed by atoms with Gasteiger partial charge in [-0.1, -0.05) is 0 Å². The maximum atomic E-state index is 11.0. The first-order chi connectivity index (χ1) is 5.43. The molecule has 0 atom stereocenters. The van der Waals surface area contributed by atoms with Crippen LogP contribution in [0, 0.1) is 7.27 Å². The molecular formula is C5H2ClI2NO2S. The van der Waals surface area contributed by atoms with Gasteiger partial charge in [0, 0.05) is 20.4 Å². The zero-order chi connectivity index (χ0) is 9.35. The van der Waals surface area contributed by atoms with E-state index in [1.807, 2.05) is 45.2 Å². The topological polar surface area (TPSA) is 47.0 Å². The lowest BCUT2D eigenvalue weighted by Gasteiger charge is -2.00.